The average Bonchev–Trinajstić information content (AvgIpc) is 3.06. The maximum atomic E-state index is 13.8. The number of aliphatic imine (C=N–C) groups is 1. The first-order valence-electron chi connectivity index (χ1n) is 10.5. The zero-order valence-corrected chi connectivity index (χ0v) is 18.2. The van der Waals surface area contributed by atoms with Gasteiger partial charge in [0.2, 0.25) is 0 Å². The van der Waals surface area contributed by atoms with Gasteiger partial charge in [0.05, 0.1) is 22.5 Å². The van der Waals surface area contributed by atoms with Crippen LogP contribution in [0.3, 0.4) is 0 Å². The summed E-state index contributed by atoms with van der Waals surface area (Å²) in [5.41, 5.74) is 16.7. The van der Waals surface area contributed by atoms with Gasteiger partial charge < -0.3 is 21.6 Å². The van der Waals surface area contributed by atoms with E-state index >= 15 is 0 Å². The van der Waals surface area contributed by atoms with Gasteiger partial charge in [-0.05, 0) is 74.3 Å². The van der Waals surface area contributed by atoms with Crippen LogP contribution < -0.4 is 11.5 Å². The molecule has 0 unspecified atom stereocenters. The number of aromatic hydroxyl groups is 1. The van der Waals surface area contributed by atoms with Gasteiger partial charge in [0.15, 0.2) is 5.88 Å². The smallest absolute Gasteiger partial charge is 0.199 e. The molecule has 164 valence electrons. The van der Waals surface area contributed by atoms with Crippen LogP contribution in [0, 0.1) is 5.82 Å². The van der Waals surface area contributed by atoms with E-state index in [9.17, 15) is 9.50 Å². The monoisotopic (exact) mass is 430 g/mol. The van der Waals surface area contributed by atoms with Gasteiger partial charge in [0, 0.05) is 16.5 Å². The number of nitrogens with zero attached hydrogens (tertiary/aromatic N) is 1. The second-order valence-electron chi connectivity index (χ2n) is 8.51. The van der Waals surface area contributed by atoms with Crippen LogP contribution in [-0.4, -0.2) is 22.3 Å². The molecule has 0 aliphatic heterocycles. The molecule has 0 aliphatic rings. The van der Waals surface area contributed by atoms with Crippen molar-refractivity contribution in [1.82, 2.24) is 4.98 Å². The lowest BCUT2D eigenvalue weighted by Gasteiger charge is -2.19. The van der Waals surface area contributed by atoms with Gasteiger partial charge in [0.1, 0.15) is 5.82 Å². The molecule has 0 radical (unpaired) electrons. The van der Waals surface area contributed by atoms with E-state index < -0.39 is 5.54 Å². The molecule has 6 heteroatoms. The molecule has 0 fully saturated rings. The summed E-state index contributed by atoms with van der Waals surface area (Å²) in [5, 5.41) is 11.4. The highest BCUT2D eigenvalue weighted by Gasteiger charge is 2.20. The fourth-order valence-electron chi connectivity index (χ4n) is 3.80. The van der Waals surface area contributed by atoms with Crippen LogP contribution in [0.5, 0.6) is 5.88 Å². The molecule has 0 bridgehead atoms. The van der Waals surface area contributed by atoms with Crippen LogP contribution in [0.4, 0.5) is 10.1 Å². The fourth-order valence-corrected chi connectivity index (χ4v) is 3.80. The number of nitrogens with one attached hydrogen (secondary N) is 1. The molecule has 0 spiro atoms. The first-order valence-corrected chi connectivity index (χ1v) is 10.5. The second-order valence-corrected chi connectivity index (χ2v) is 8.51. The summed E-state index contributed by atoms with van der Waals surface area (Å²) in [7, 11) is 0. The number of hydrogen-bond acceptors (Lipinski definition) is 4. The molecule has 0 amide bonds. The van der Waals surface area contributed by atoms with Gasteiger partial charge in [-0.2, -0.15) is 0 Å². The summed E-state index contributed by atoms with van der Waals surface area (Å²) >= 11 is 0. The molecule has 3 aromatic carbocycles. The predicted molar refractivity (Wildman–Crippen MR) is 128 cm³/mol. The van der Waals surface area contributed by atoms with Crippen molar-refractivity contribution in [3.05, 3.63) is 94.8 Å². The van der Waals surface area contributed by atoms with Crippen molar-refractivity contribution in [1.29, 1.82) is 0 Å². The zero-order valence-electron chi connectivity index (χ0n) is 18.2. The number of aromatic amines is 1. The maximum absolute atomic E-state index is 13.8. The SMILES string of the molecule is CC(C)(N)c1ccc(N=C(c2cccc(CCN)c2)c2c(O)[nH]c3cc(F)ccc23)cc1. The predicted octanol–water partition coefficient (Wildman–Crippen LogP) is 4.88. The van der Waals surface area contributed by atoms with Crippen molar-refractivity contribution >= 4 is 22.3 Å². The lowest BCUT2D eigenvalue weighted by Crippen LogP contribution is -2.28. The highest BCUT2D eigenvalue weighted by atomic mass is 19.1. The van der Waals surface area contributed by atoms with Crippen molar-refractivity contribution in [2.45, 2.75) is 25.8 Å². The van der Waals surface area contributed by atoms with Crippen LogP contribution in [0.25, 0.3) is 10.9 Å². The summed E-state index contributed by atoms with van der Waals surface area (Å²) < 4.78 is 13.8. The Bertz CT molecular complexity index is 1280. The number of fused-ring (bicyclic) bond motifs is 1. The number of nitrogens with two attached hydrogens (primary N) is 2. The van der Waals surface area contributed by atoms with E-state index in [-0.39, 0.29) is 11.7 Å². The largest absolute Gasteiger partial charge is 0.494 e. The van der Waals surface area contributed by atoms with E-state index in [1.807, 2.05) is 62.4 Å². The quantitative estimate of drug-likeness (QED) is 0.328. The van der Waals surface area contributed by atoms with Crippen LogP contribution in [0.15, 0.2) is 71.7 Å². The van der Waals surface area contributed by atoms with Gasteiger partial charge in [-0.15, -0.1) is 0 Å². The number of H-pyrrole nitrogens is 1. The molecule has 6 N–H and O–H groups in total. The van der Waals surface area contributed by atoms with E-state index in [0.717, 1.165) is 23.1 Å². The molecule has 1 aromatic heterocycles. The molecule has 4 rings (SSSR count). The van der Waals surface area contributed by atoms with Crippen LogP contribution >= 0.6 is 0 Å². The minimum absolute atomic E-state index is 0.0618. The van der Waals surface area contributed by atoms with E-state index in [1.165, 1.54) is 12.1 Å². The minimum atomic E-state index is -0.458. The second kappa shape index (κ2) is 8.57. The molecule has 32 heavy (non-hydrogen) atoms. The number of halogens is 1. The standard InChI is InChI=1S/C26H27FN4O/c1-26(2,29)18-6-9-20(10-7-18)30-24(17-5-3-4-16(14-17)12-13-28)23-21-11-8-19(27)15-22(21)31-25(23)32/h3-11,14-15,31-32H,12-13,28-29H2,1-2H3. The molecule has 0 saturated carbocycles. The average molecular weight is 431 g/mol. The van der Waals surface area contributed by atoms with E-state index in [1.54, 1.807) is 6.07 Å². The Kier molecular flexibility index (Phi) is 5.82. The van der Waals surface area contributed by atoms with Crippen molar-refractivity contribution in [3.8, 4) is 5.88 Å². The maximum Gasteiger partial charge on any atom is 0.199 e. The van der Waals surface area contributed by atoms with Gasteiger partial charge in [-0.1, -0.05) is 30.3 Å². The highest BCUT2D eigenvalue weighted by Crippen LogP contribution is 2.32. The lowest BCUT2D eigenvalue weighted by molar-refractivity contribution is 0.457. The van der Waals surface area contributed by atoms with E-state index in [2.05, 4.69) is 4.98 Å². The number of rotatable bonds is 6. The highest BCUT2D eigenvalue weighted by molar-refractivity contribution is 6.21. The fraction of sp³-hybridized carbons (Fsp3) is 0.192. The third-order valence-corrected chi connectivity index (χ3v) is 5.46. The van der Waals surface area contributed by atoms with Gasteiger partial charge in [-0.3, -0.25) is 0 Å². The number of aromatic nitrogens is 1. The topological polar surface area (TPSA) is 100 Å². The normalized spacial score (nSPS) is 12.5. The van der Waals surface area contributed by atoms with Crippen molar-refractivity contribution in [3.63, 3.8) is 0 Å². The Hall–Kier alpha value is -3.48. The van der Waals surface area contributed by atoms with Crippen LogP contribution in [0.1, 0.15) is 36.1 Å². The van der Waals surface area contributed by atoms with E-state index in [0.29, 0.717) is 34.4 Å². The Balaban J connectivity index is 1.91. The van der Waals surface area contributed by atoms with Crippen molar-refractivity contribution in [2.75, 3.05) is 6.54 Å². The molecular formula is C26H27FN4O. The first-order chi connectivity index (χ1) is 15.3. The number of hydrogen-bond donors (Lipinski definition) is 4. The Morgan fingerprint density at radius 2 is 1.81 bits per heavy atom. The number of benzene rings is 3. The van der Waals surface area contributed by atoms with E-state index in [4.69, 9.17) is 16.5 Å². The molecule has 0 aliphatic carbocycles. The minimum Gasteiger partial charge on any atom is -0.494 e. The van der Waals surface area contributed by atoms with Gasteiger partial charge >= 0.3 is 0 Å². The Labute approximate surface area is 186 Å². The molecule has 1 heterocycles. The molecule has 5 nitrogen and oxygen atoms in total. The molecule has 4 aromatic rings. The molecule has 0 atom stereocenters. The third kappa shape index (κ3) is 4.42. The molecular weight excluding hydrogens is 403 g/mol. The summed E-state index contributed by atoms with van der Waals surface area (Å²) in [6.45, 7) is 4.43. The first kappa shape index (κ1) is 21.7. The van der Waals surface area contributed by atoms with Crippen molar-refractivity contribution < 1.29 is 9.50 Å². The lowest BCUT2D eigenvalue weighted by atomic mass is 9.95. The molecule has 0 saturated heterocycles. The summed E-state index contributed by atoms with van der Waals surface area (Å²) in [5.74, 6) is -0.443. The third-order valence-electron chi connectivity index (χ3n) is 5.46. The van der Waals surface area contributed by atoms with Crippen LogP contribution in [0.2, 0.25) is 0 Å². The Morgan fingerprint density at radius 3 is 2.50 bits per heavy atom. The summed E-state index contributed by atoms with van der Waals surface area (Å²) in [4.78, 5) is 7.77. The van der Waals surface area contributed by atoms with Gasteiger partial charge in [-0.25, -0.2) is 9.38 Å². The summed E-state index contributed by atoms with van der Waals surface area (Å²) in [6.07, 6.45) is 0.729. The summed E-state index contributed by atoms with van der Waals surface area (Å²) in [6, 6.07) is 20.0. The van der Waals surface area contributed by atoms with Gasteiger partial charge in [0.25, 0.3) is 0 Å². The Morgan fingerprint density at radius 1 is 1.06 bits per heavy atom. The zero-order chi connectivity index (χ0) is 22.9. The van der Waals surface area contributed by atoms with Crippen LogP contribution in [-0.2, 0) is 12.0 Å². The van der Waals surface area contributed by atoms with Crippen molar-refractivity contribution in [2.24, 2.45) is 16.5 Å².